The fraction of sp³-hybridized carbons (Fsp3) is 0.267. The molecule has 0 radical (unpaired) electrons. The average molecular weight is 702 g/mol. The number of sulfonamides is 1. The maximum Gasteiger partial charge on any atom is 0.260 e. The first-order valence-electron chi connectivity index (χ1n) is 13.0. The highest BCUT2D eigenvalue weighted by molar-refractivity contribution is 9.10. The Morgan fingerprint density at radius 3 is 2.25 bits per heavy atom. The van der Waals surface area contributed by atoms with Gasteiger partial charge < -0.3 is 4.90 Å². The summed E-state index contributed by atoms with van der Waals surface area (Å²) in [6, 6.07) is 23.9. The van der Waals surface area contributed by atoms with E-state index in [0.29, 0.717) is 23.7 Å². The summed E-state index contributed by atoms with van der Waals surface area (Å²) in [4.78, 5) is 21.8. The van der Waals surface area contributed by atoms with Gasteiger partial charge in [0.1, 0.15) is 0 Å². The molecule has 6 nitrogen and oxygen atoms in total. The van der Waals surface area contributed by atoms with Crippen molar-refractivity contribution in [1.29, 1.82) is 0 Å². The zero-order chi connectivity index (χ0) is 28.2. The number of carbonyl (C=O) groups is 1. The molecule has 3 atom stereocenters. The summed E-state index contributed by atoms with van der Waals surface area (Å²) < 4.78 is 30.1. The maximum atomic E-state index is 14.6. The third-order valence-corrected chi connectivity index (χ3v) is 10.5. The molecule has 0 aromatic heterocycles. The van der Waals surface area contributed by atoms with Gasteiger partial charge in [0.15, 0.2) is 5.54 Å². The first-order valence-corrected chi connectivity index (χ1v) is 17.4. The Bertz CT molecular complexity index is 1670. The Kier molecular flexibility index (Phi) is 7.26. The molecule has 10 heteroatoms. The van der Waals surface area contributed by atoms with E-state index in [1.54, 1.807) is 11.8 Å². The zero-order valence-electron chi connectivity index (χ0n) is 21.9. The van der Waals surface area contributed by atoms with E-state index in [9.17, 15) is 13.2 Å². The summed E-state index contributed by atoms with van der Waals surface area (Å²) in [6.45, 7) is 2.64. The number of amides is 1. The molecule has 1 spiro atoms. The fourth-order valence-electron chi connectivity index (χ4n) is 6.02. The van der Waals surface area contributed by atoms with Gasteiger partial charge in [0.2, 0.25) is 10.0 Å². The molecule has 0 saturated heterocycles. The van der Waals surface area contributed by atoms with Crippen molar-refractivity contribution in [3.8, 4) is 0 Å². The van der Waals surface area contributed by atoms with Crippen molar-refractivity contribution >= 4 is 70.3 Å². The summed E-state index contributed by atoms with van der Waals surface area (Å²) in [5.74, 6) is -0.564. The fourth-order valence-corrected chi connectivity index (χ4v) is 8.57. The van der Waals surface area contributed by atoms with Gasteiger partial charge in [-0.2, -0.15) is 0 Å². The molecule has 3 heterocycles. The lowest BCUT2D eigenvalue weighted by Crippen LogP contribution is -2.42. The number of hydrogen-bond donors (Lipinski definition) is 1. The molecule has 3 aromatic rings. The molecular weight excluding hydrogens is 674 g/mol. The van der Waals surface area contributed by atoms with Gasteiger partial charge in [-0.25, -0.2) is 8.42 Å². The Hall–Kier alpha value is -2.40. The van der Waals surface area contributed by atoms with Gasteiger partial charge in [0.25, 0.3) is 5.91 Å². The van der Waals surface area contributed by atoms with Crippen LogP contribution in [-0.4, -0.2) is 32.2 Å². The van der Waals surface area contributed by atoms with Crippen molar-refractivity contribution in [3.63, 3.8) is 0 Å². The number of aliphatic imine (C=N–C) groups is 1. The lowest BCUT2D eigenvalue weighted by Gasteiger charge is -2.32. The van der Waals surface area contributed by atoms with Crippen molar-refractivity contribution in [1.82, 2.24) is 4.72 Å². The predicted octanol–water partition coefficient (Wildman–Crippen LogP) is 7.04. The highest BCUT2D eigenvalue weighted by atomic mass is 79.9. The number of fused-ring (bicyclic) bond motifs is 3. The van der Waals surface area contributed by atoms with Crippen LogP contribution in [0.25, 0.3) is 0 Å². The Morgan fingerprint density at radius 1 is 1.00 bits per heavy atom. The predicted molar refractivity (Wildman–Crippen MR) is 169 cm³/mol. The van der Waals surface area contributed by atoms with Crippen LogP contribution in [-0.2, 0) is 20.4 Å². The van der Waals surface area contributed by atoms with E-state index >= 15 is 0 Å². The molecule has 0 saturated carbocycles. The first kappa shape index (κ1) is 27.8. The molecule has 0 unspecified atom stereocenters. The number of nitrogens with one attached hydrogen (secondary N) is 1. The second kappa shape index (κ2) is 10.5. The number of para-hydroxylation sites is 1. The van der Waals surface area contributed by atoms with Crippen LogP contribution in [0.1, 0.15) is 47.6 Å². The van der Waals surface area contributed by atoms with Crippen molar-refractivity contribution < 1.29 is 13.2 Å². The minimum Gasteiger partial charge on any atom is -0.310 e. The van der Waals surface area contributed by atoms with E-state index in [4.69, 9.17) is 4.99 Å². The number of rotatable bonds is 6. The third-order valence-electron chi connectivity index (χ3n) is 7.56. The minimum absolute atomic E-state index is 0.0703. The van der Waals surface area contributed by atoms with Gasteiger partial charge in [-0.15, -0.1) is 0 Å². The summed E-state index contributed by atoms with van der Waals surface area (Å²) in [6.07, 6.45) is 2.44. The highest BCUT2D eigenvalue weighted by Gasteiger charge is 2.62. The Morgan fingerprint density at radius 2 is 1.62 bits per heavy atom. The molecular formula is C30H27Br2N3O3S2. The number of hydrogen-bond acceptors (Lipinski definition) is 5. The average Bonchev–Trinajstić information content (AvgIpc) is 3.38. The number of carbonyl (C=O) groups excluding carboxylic acids is 1. The SMILES string of the molecule is CCCN1C(=O)[C@]2(N=C3S[C@H](c4ccc(Br)cc4)CC(NS(C)(=O)=O)=C3[C@H]2c2ccc(Br)cc2)c2ccccc21. The third kappa shape index (κ3) is 4.66. The molecule has 3 aliphatic rings. The number of anilines is 1. The molecule has 1 N–H and O–H groups in total. The van der Waals surface area contributed by atoms with Crippen LogP contribution in [0.5, 0.6) is 0 Å². The van der Waals surface area contributed by atoms with E-state index in [2.05, 4.69) is 43.5 Å². The second-order valence-electron chi connectivity index (χ2n) is 10.3. The Labute approximate surface area is 255 Å². The van der Waals surface area contributed by atoms with Gasteiger partial charge in [0.05, 0.1) is 17.2 Å². The summed E-state index contributed by atoms with van der Waals surface area (Å²) in [5, 5.41) is 0.638. The smallest absolute Gasteiger partial charge is 0.260 e. The van der Waals surface area contributed by atoms with Gasteiger partial charge in [0, 0.05) is 49.7 Å². The highest BCUT2D eigenvalue weighted by Crippen LogP contribution is 2.61. The van der Waals surface area contributed by atoms with Crippen LogP contribution >= 0.6 is 43.6 Å². The van der Waals surface area contributed by atoms with Crippen LogP contribution in [0.15, 0.2) is 98.0 Å². The lowest BCUT2D eigenvalue weighted by molar-refractivity contribution is -0.123. The van der Waals surface area contributed by atoms with Gasteiger partial charge >= 0.3 is 0 Å². The number of nitrogens with zero attached hydrogens (tertiary/aromatic N) is 2. The second-order valence-corrected chi connectivity index (χ2v) is 15.0. The van der Waals surface area contributed by atoms with Crippen LogP contribution in [0.4, 0.5) is 5.69 Å². The van der Waals surface area contributed by atoms with Crippen molar-refractivity contribution in [3.05, 3.63) is 110 Å². The van der Waals surface area contributed by atoms with E-state index in [0.717, 1.165) is 43.3 Å². The van der Waals surface area contributed by atoms with E-state index < -0.39 is 21.5 Å². The van der Waals surface area contributed by atoms with Gasteiger partial charge in [-0.05, 0) is 47.9 Å². The molecule has 0 fully saturated rings. The van der Waals surface area contributed by atoms with Crippen LogP contribution in [0.3, 0.4) is 0 Å². The largest absolute Gasteiger partial charge is 0.310 e. The van der Waals surface area contributed by atoms with Gasteiger partial charge in [-0.1, -0.05) is 93.0 Å². The van der Waals surface area contributed by atoms with E-state index in [1.807, 2.05) is 77.7 Å². The van der Waals surface area contributed by atoms with E-state index in [1.165, 1.54) is 6.26 Å². The summed E-state index contributed by atoms with van der Waals surface area (Å²) in [5.41, 5.74) is 3.85. The minimum atomic E-state index is -3.60. The van der Waals surface area contributed by atoms with Crippen molar-refractivity contribution in [2.75, 3.05) is 17.7 Å². The number of halogens is 2. The molecule has 206 valence electrons. The quantitative estimate of drug-likeness (QED) is 0.299. The molecule has 6 rings (SSSR count). The zero-order valence-corrected chi connectivity index (χ0v) is 26.7. The Balaban J connectivity index is 1.62. The van der Waals surface area contributed by atoms with Crippen LogP contribution in [0, 0.1) is 0 Å². The number of benzene rings is 3. The molecule has 3 aliphatic heterocycles. The molecule has 0 aliphatic carbocycles. The number of allylic oxidation sites excluding steroid dienone is 1. The topological polar surface area (TPSA) is 78.8 Å². The van der Waals surface area contributed by atoms with Crippen LogP contribution < -0.4 is 9.62 Å². The summed E-state index contributed by atoms with van der Waals surface area (Å²) in [7, 11) is -3.60. The summed E-state index contributed by atoms with van der Waals surface area (Å²) >= 11 is 8.66. The van der Waals surface area contributed by atoms with Gasteiger partial charge in [-0.3, -0.25) is 14.5 Å². The van der Waals surface area contributed by atoms with Crippen LogP contribution in [0.2, 0.25) is 0 Å². The van der Waals surface area contributed by atoms with Crippen molar-refractivity contribution in [2.45, 2.75) is 36.5 Å². The van der Waals surface area contributed by atoms with Crippen molar-refractivity contribution in [2.24, 2.45) is 4.99 Å². The molecule has 3 aromatic carbocycles. The monoisotopic (exact) mass is 699 g/mol. The molecule has 1 amide bonds. The standard InChI is InChI=1S/C30H27Br2N3O3S2/c1-3-16-35-24-7-5-4-6-22(24)30(29(35)36)27(19-10-14-21(32)15-11-19)26-23(34-40(2,37)38)17-25(39-28(26)33-30)18-8-12-20(31)13-9-18/h4-15,25,27,34H,3,16-17H2,1-2H3/t25-,27+,30-/m0/s1. The first-order chi connectivity index (χ1) is 19.1. The lowest BCUT2D eigenvalue weighted by atomic mass is 9.73. The molecule has 0 bridgehead atoms. The molecule has 40 heavy (non-hydrogen) atoms. The number of thioether (sulfide) groups is 1. The van der Waals surface area contributed by atoms with E-state index in [-0.39, 0.29) is 11.2 Å². The maximum absolute atomic E-state index is 14.6. The normalized spacial score (nSPS) is 23.9.